The van der Waals surface area contributed by atoms with E-state index in [0.29, 0.717) is 28.5 Å². The molecule has 4 rings (SSSR count). The van der Waals surface area contributed by atoms with Crippen molar-refractivity contribution >= 4 is 52.5 Å². The summed E-state index contributed by atoms with van der Waals surface area (Å²) in [5.74, 6) is -0.834. The van der Waals surface area contributed by atoms with Gasteiger partial charge in [0.2, 0.25) is 0 Å². The van der Waals surface area contributed by atoms with E-state index in [0.717, 1.165) is 23.9 Å². The van der Waals surface area contributed by atoms with Gasteiger partial charge in [-0.25, -0.2) is 0 Å². The summed E-state index contributed by atoms with van der Waals surface area (Å²) in [5, 5.41) is 10.00. The second-order valence-corrected chi connectivity index (χ2v) is 10.4. The molecule has 1 aliphatic heterocycles. The van der Waals surface area contributed by atoms with E-state index < -0.39 is 41.5 Å². The van der Waals surface area contributed by atoms with Gasteiger partial charge in [-0.05, 0) is 44.2 Å². The Hall–Kier alpha value is -3.78. The third-order valence-corrected chi connectivity index (χ3v) is 7.34. The van der Waals surface area contributed by atoms with E-state index in [1.165, 1.54) is 6.92 Å². The SMILES string of the molecule is C[C@H](Sc1nnc([C@H](C)N2C(=O)COc3ccccc32)n1C)C(=O)OCC(=O)Nc1cc(C(F)(F)F)ccc1Cl. The van der Waals surface area contributed by atoms with E-state index >= 15 is 0 Å². The van der Waals surface area contributed by atoms with Gasteiger partial charge in [0.15, 0.2) is 24.2 Å². The Kier molecular flexibility index (Phi) is 8.59. The van der Waals surface area contributed by atoms with Gasteiger partial charge in [-0.1, -0.05) is 35.5 Å². The highest BCUT2D eigenvalue weighted by atomic mass is 35.5. The molecule has 0 bridgehead atoms. The molecule has 1 aliphatic rings. The van der Waals surface area contributed by atoms with Crippen LogP contribution >= 0.6 is 23.4 Å². The van der Waals surface area contributed by atoms with Gasteiger partial charge in [0.05, 0.1) is 28.0 Å². The van der Waals surface area contributed by atoms with Crippen molar-refractivity contribution in [3.05, 3.63) is 58.9 Å². The minimum atomic E-state index is -4.62. The molecule has 0 radical (unpaired) electrons. The molecule has 2 heterocycles. The number of hydrogen-bond acceptors (Lipinski definition) is 8. The Morgan fingerprint density at radius 3 is 2.65 bits per heavy atom. The number of esters is 1. The summed E-state index contributed by atoms with van der Waals surface area (Å²) in [6.45, 7) is 2.48. The first-order valence-corrected chi connectivity index (χ1v) is 13.1. The van der Waals surface area contributed by atoms with Gasteiger partial charge >= 0.3 is 12.1 Å². The predicted octanol–water partition coefficient (Wildman–Crippen LogP) is 4.64. The number of rotatable bonds is 8. The smallest absolute Gasteiger partial charge is 0.416 e. The van der Waals surface area contributed by atoms with Crippen molar-refractivity contribution in [1.82, 2.24) is 14.8 Å². The molecule has 1 N–H and O–H groups in total. The number of benzene rings is 2. The number of hydrogen-bond donors (Lipinski definition) is 1. The number of nitrogens with one attached hydrogen (secondary N) is 1. The van der Waals surface area contributed by atoms with E-state index in [2.05, 4.69) is 15.5 Å². The summed E-state index contributed by atoms with van der Waals surface area (Å²) in [7, 11) is 1.69. The highest BCUT2D eigenvalue weighted by Crippen LogP contribution is 2.37. The predicted molar refractivity (Wildman–Crippen MR) is 140 cm³/mol. The Morgan fingerprint density at radius 1 is 1.20 bits per heavy atom. The van der Waals surface area contributed by atoms with Crippen LogP contribution in [0.15, 0.2) is 47.6 Å². The standard InChI is InChI=1S/C25H23ClF3N5O5S/c1-13(34-18-6-4-5-7-19(18)38-12-21(34)36)22-31-32-24(33(22)3)40-14(2)23(37)39-11-20(35)30-17-10-15(25(27,28)29)8-9-16(17)26/h4-10,13-14H,11-12H2,1-3H3,(H,30,35)/t13-,14-/m0/s1. The van der Waals surface area contributed by atoms with Crippen molar-refractivity contribution in [3.8, 4) is 5.75 Å². The van der Waals surface area contributed by atoms with Crippen molar-refractivity contribution in [1.29, 1.82) is 0 Å². The zero-order valence-electron chi connectivity index (χ0n) is 21.4. The molecule has 212 valence electrons. The lowest BCUT2D eigenvalue weighted by Crippen LogP contribution is -2.41. The number of amides is 2. The first-order chi connectivity index (χ1) is 18.9. The quantitative estimate of drug-likeness (QED) is 0.295. The Bertz CT molecular complexity index is 1450. The van der Waals surface area contributed by atoms with E-state index in [9.17, 15) is 27.6 Å². The minimum Gasteiger partial charge on any atom is -0.482 e. The number of nitrogens with zero attached hydrogens (tertiary/aromatic N) is 4. The molecule has 0 spiro atoms. The number of aromatic nitrogens is 3. The molecule has 0 aliphatic carbocycles. The second-order valence-electron chi connectivity index (χ2n) is 8.70. The van der Waals surface area contributed by atoms with Crippen LogP contribution in [0.3, 0.4) is 0 Å². The van der Waals surface area contributed by atoms with Crippen LogP contribution < -0.4 is 15.0 Å². The van der Waals surface area contributed by atoms with E-state index in [1.807, 2.05) is 0 Å². The van der Waals surface area contributed by atoms with Crippen LogP contribution in [0.25, 0.3) is 0 Å². The maximum atomic E-state index is 12.9. The lowest BCUT2D eigenvalue weighted by molar-refractivity contribution is -0.146. The molecule has 0 fully saturated rings. The van der Waals surface area contributed by atoms with Crippen LogP contribution in [0.1, 0.15) is 31.3 Å². The molecule has 2 atom stereocenters. The number of ether oxygens (including phenoxy) is 2. The number of para-hydroxylation sites is 2. The van der Waals surface area contributed by atoms with Crippen molar-refractivity contribution in [2.75, 3.05) is 23.4 Å². The summed E-state index contributed by atoms with van der Waals surface area (Å²) in [6.07, 6.45) is -4.62. The topological polar surface area (TPSA) is 116 Å². The first kappa shape index (κ1) is 29.2. The van der Waals surface area contributed by atoms with Crippen molar-refractivity contribution in [2.24, 2.45) is 7.05 Å². The fraction of sp³-hybridized carbons (Fsp3) is 0.320. The van der Waals surface area contributed by atoms with Gasteiger partial charge in [0.25, 0.3) is 11.8 Å². The number of alkyl halides is 3. The monoisotopic (exact) mass is 597 g/mol. The molecule has 0 saturated carbocycles. The second kappa shape index (κ2) is 11.8. The van der Waals surface area contributed by atoms with Crippen LogP contribution in [-0.2, 0) is 32.3 Å². The summed E-state index contributed by atoms with van der Waals surface area (Å²) in [4.78, 5) is 39.0. The number of halogens is 4. The minimum absolute atomic E-state index is 0.105. The molecule has 2 amide bonds. The van der Waals surface area contributed by atoms with Crippen LogP contribution in [0, 0.1) is 0 Å². The maximum absolute atomic E-state index is 12.9. The third-order valence-electron chi connectivity index (χ3n) is 5.90. The van der Waals surface area contributed by atoms with Gasteiger partial charge in [-0.2, -0.15) is 13.2 Å². The molecule has 2 aromatic carbocycles. The molecule has 0 saturated heterocycles. The first-order valence-electron chi connectivity index (χ1n) is 11.8. The zero-order valence-corrected chi connectivity index (χ0v) is 22.9. The number of fused-ring (bicyclic) bond motifs is 1. The highest BCUT2D eigenvalue weighted by Gasteiger charge is 2.33. The number of thioether (sulfide) groups is 1. The molecular weight excluding hydrogens is 575 g/mol. The average Bonchev–Trinajstić information content (AvgIpc) is 3.27. The van der Waals surface area contributed by atoms with Gasteiger partial charge in [0, 0.05) is 7.05 Å². The van der Waals surface area contributed by atoms with Gasteiger partial charge in [-0.3, -0.25) is 19.3 Å². The van der Waals surface area contributed by atoms with Gasteiger partial charge in [-0.15, -0.1) is 10.2 Å². The lowest BCUT2D eigenvalue weighted by Gasteiger charge is -2.33. The Labute approximate surface area is 235 Å². The normalized spacial score (nSPS) is 14.7. The fourth-order valence-corrected chi connectivity index (χ4v) is 4.88. The zero-order chi connectivity index (χ0) is 29.2. The molecule has 3 aromatic rings. The van der Waals surface area contributed by atoms with Crippen molar-refractivity contribution in [2.45, 2.75) is 36.5 Å². The number of anilines is 2. The molecule has 0 unspecified atom stereocenters. The van der Waals surface area contributed by atoms with E-state index in [-0.39, 0.29) is 23.2 Å². The Balaban J connectivity index is 1.36. The summed E-state index contributed by atoms with van der Waals surface area (Å²) >= 11 is 6.90. The lowest BCUT2D eigenvalue weighted by atomic mass is 10.1. The summed E-state index contributed by atoms with van der Waals surface area (Å²) in [5.41, 5.74) is -0.652. The summed E-state index contributed by atoms with van der Waals surface area (Å²) in [6, 6.07) is 9.11. The fourth-order valence-electron chi connectivity index (χ4n) is 3.90. The molecule has 15 heteroatoms. The summed E-state index contributed by atoms with van der Waals surface area (Å²) < 4.78 is 51.0. The van der Waals surface area contributed by atoms with Crippen LogP contribution in [0.2, 0.25) is 5.02 Å². The molecule has 10 nitrogen and oxygen atoms in total. The Morgan fingerprint density at radius 2 is 1.93 bits per heavy atom. The van der Waals surface area contributed by atoms with E-state index in [1.54, 1.807) is 47.7 Å². The number of carbonyl (C=O) groups is 3. The third kappa shape index (κ3) is 6.33. The molecular formula is C25H23ClF3N5O5S. The van der Waals surface area contributed by atoms with Crippen LogP contribution in [0.5, 0.6) is 5.75 Å². The van der Waals surface area contributed by atoms with Crippen LogP contribution in [-0.4, -0.2) is 51.0 Å². The van der Waals surface area contributed by atoms with Gasteiger partial charge < -0.3 is 19.4 Å². The van der Waals surface area contributed by atoms with E-state index in [4.69, 9.17) is 21.1 Å². The number of carbonyl (C=O) groups excluding carboxylic acids is 3. The molecule has 40 heavy (non-hydrogen) atoms. The van der Waals surface area contributed by atoms with Crippen molar-refractivity contribution < 1.29 is 37.0 Å². The maximum Gasteiger partial charge on any atom is 0.416 e. The van der Waals surface area contributed by atoms with Crippen LogP contribution in [0.4, 0.5) is 24.5 Å². The van der Waals surface area contributed by atoms with Crippen molar-refractivity contribution in [3.63, 3.8) is 0 Å². The van der Waals surface area contributed by atoms with Gasteiger partial charge in [0.1, 0.15) is 11.0 Å². The molecule has 1 aromatic heterocycles. The largest absolute Gasteiger partial charge is 0.482 e. The average molecular weight is 598 g/mol. The highest BCUT2D eigenvalue weighted by molar-refractivity contribution is 8.00.